The number of ether oxygens (including phenoxy) is 2. The summed E-state index contributed by atoms with van der Waals surface area (Å²) in [5, 5.41) is 0. The van der Waals surface area contributed by atoms with Crippen molar-refractivity contribution >= 4 is 43.8 Å². The predicted molar refractivity (Wildman–Crippen MR) is 113 cm³/mol. The van der Waals surface area contributed by atoms with Gasteiger partial charge in [-0.2, -0.15) is 0 Å². The van der Waals surface area contributed by atoms with Gasteiger partial charge in [0.1, 0.15) is 0 Å². The zero-order valence-corrected chi connectivity index (χ0v) is 18.3. The molecular formula is C22H16Br2O4. The summed E-state index contributed by atoms with van der Waals surface area (Å²) in [6.07, 6.45) is -1.53. The minimum atomic E-state index is -0.766. The predicted octanol–water partition coefficient (Wildman–Crippen LogP) is 5.13. The van der Waals surface area contributed by atoms with E-state index in [1.165, 1.54) is 13.8 Å². The molecule has 0 aliphatic carbocycles. The first-order valence-electron chi connectivity index (χ1n) is 8.23. The smallest absolute Gasteiger partial charge is 0.304 e. The monoisotopic (exact) mass is 502 g/mol. The lowest BCUT2D eigenvalue weighted by Gasteiger charge is -2.13. The number of benzene rings is 2. The summed E-state index contributed by atoms with van der Waals surface area (Å²) in [5.41, 5.74) is 1.43. The largest absolute Gasteiger partial charge is 0.444 e. The Bertz CT molecular complexity index is 911. The lowest BCUT2D eigenvalue weighted by molar-refractivity contribution is -0.145. The fourth-order valence-corrected chi connectivity index (χ4v) is 3.24. The molecular weight excluding hydrogens is 488 g/mol. The third-order valence-corrected chi connectivity index (χ3v) is 4.86. The lowest BCUT2D eigenvalue weighted by Crippen LogP contribution is -2.07. The summed E-state index contributed by atoms with van der Waals surface area (Å²) in [7, 11) is 0. The van der Waals surface area contributed by atoms with Crippen molar-refractivity contribution in [2.24, 2.45) is 0 Å². The molecule has 2 rings (SSSR count). The quantitative estimate of drug-likeness (QED) is 0.429. The molecule has 0 aliphatic heterocycles. The SMILES string of the molecule is CC(=O)OC(C#CC#CC(OC(C)=O)c1ccccc1Br)c1ccccc1Br. The van der Waals surface area contributed by atoms with Gasteiger partial charge in [0.25, 0.3) is 0 Å². The Morgan fingerprint density at radius 3 is 1.43 bits per heavy atom. The summed E-state index contributed by atoms with van der Waals surface area (Å²) in [4.78, 5) is 22.8. The highest BCUT2D eigenvalue weighted by Crippen LogP contribution is 2.26. The van der Waals surface area contributed by atoms with Crippen LogP contribution in [0.1, 0.15) is 37.2 Å². The van der Waals surface area contributed by atoms with Gasteiger partial charge in [-0.1, -0.05) is 68.3 Å². The van der Waals surface area contributed by atoms with Crippen LogP contribution in [0, 0.1) is 23.7 Å². The summed E-state index contributed by atoms with van der Waals surface area (Å²) < 4.78 is 12.1. The molecule has 28 heavy (non-hydrogen) atoms. The van der Waals surface area contributed by atoms with Gasteiger partial charge in [0.15, 0.2) is 12.2 Å². The van der Waals surface area contributed by atoms with Crippen molar-refractivity contribution in [3.8, 4) is 23.7 Å². The highest BCUT2D eigenvalue weighted by Gasteiger charge is 2.15. The normalized spacial score (nSPS) is 11.7. The fraction of sp³-hybridized carbons (Fsp3) is 0.182. The molecule has 0 fully saturated rings. The first-order chi connectivity index (χ1) is 13.4. The van der Waals surface area contributed by atoms with Crippen LogP contribution in [-0.4, -0.2) is 11.9 Å². The Morgan fingerprint density at radius 1 is 0.750 bits per heavy atom. The number of carbonyl (C=O) groups is 2. The molecule has 142 valence electrons. The highest BCUT2D eigenvalue weighted by atomic mass is 79.9. The minimum absolute atomic E-state index is 0.450. The van der Waals surface area contributed by atoms with E-state index in [0.717, 1.165) is 8.95 Å². The Balaban J connectivity index is 2.31. The first kappa shape index (κ1) is 21.8. The van der Waals surface area contributed by atoms with Crippen molar-refractivity contribution in [3.05, 3.63) is 68.6 Å². The van der Waals surface area contributed by atoms with Crippen LogP contribution in [-0.2, 0) is 19.1 Å². The van der Waals surface area contributed by atoms with E-state index in [0.29, 0.717) is 11.1 Å². The second-order valence-electron chi connectivity index (χ2n) is 5.56. The molecule has 2 aromatic rings. The van der Waals surface area contributed by atoms with Gasteiger partial charge in [-0.05, 0) is 35.8 Å². The molecule has 0 aliphatic rings. The summed E-state index contributed by atoms with van der Waals surface area (Å²) in [5.74, 6) is 10.2. The first-order valence-corrected chi connectivity index (χ1v) is 9.81. The zero-order chi connectivity index (χ0) is 20.5. The van der Waals surface area contributed by atoms with Crippen LogP contribution in [0.3, 0.4) is 0 Å². The molecule has 0 radical (unpaired) electrons. The zero-order valence-electron chi connectivity index (χ0n) is 15.2. The standard InChI is InChI=1S/C22H16Br2O4/c1-15(25)27-21(17-9-3-5-11-19(17)23)13-7-8-14-22(28-16(2)26)18-10-4-6-12-20(18)24/h3-6,9-12,21-22H,1-2H3. The van der Waals surface area contributed by atoms with Gasteiger partial charge in [-0.15, -0.1) is 0 Å². The van der Waals surface area contributed by atoms with Crippen LogP contribution in [0.15, 0.2) is 57.5 Å². The van der Waals surface area contributed by atoms with Gasteiger partial charge in [-0.25, -0.2) is 0 Å². The Labute approximate surface area is 180 Å². The topological polar surface area (TPSA) is 52.6 Å². The van der Waals surface area contributed by atoms with Gasteiger partial charge in [0.05, 0.1) is 0 Å². The molecule has 2 aromatic carbocycles. The van der Waals surface area contributed by atoms with Crippen molar-refractivity contribution in [3.63, 3.8) is 0 Å². The third kappa shape index (κ3) is 6.56. The van der Waals surface area contributed by atoms with Crippen LogP contribution >= 0.6 is 31.9 Å². The maximum atomic E-state index is 11.4. The molecule has 0 heterocycles. The molecule has 0 N–H and O–H groups in total. The highest BCUT2D eigenvalue weighted by molar-refractivity contribution is 9.10. The third-order valence-electron chi connectivity index (χ3n) is 3.41. The van der Waals surface area contributed by atoms with E-state index in [4.69, 9.17) is 9.47 Å². The van der Waals surface area contributed by atoms with E-state index in [2.05, 4.69) is 55.5 Å². The van der Waals surface area contributed by atoms with E-state index in [-0.39, 0.29) is 0 Å². The van der Waals surface area contributed by atoms with E-state index < -0.39 is 24.1 Å². The van der Waals surface area contributed by atoms with Crippen molar-refractivity contribution < 1.29 is 19.1 Å². The van der Waals surface area contributed by atoms with Gasteiger partial charge < -0.3 is 9.47 Å². The fourth-order valence-electron chi connectivity index (χ4n) is 2.25. The number of rotatable bonds is 4. The van der Waals surface area contributed by atoms with Crippen molar-refractivity contribution in [1.29, 1.82) is 0 Å². The molecule has 4 nitrogen and oxygen atoms in total. The molecule has 2 atom stereocenters. The molecule has 0 saturated carbocycles. The Morgan fingerprint density at radius 2 is 1.11 bits per heavy atom. The second-order valence-corrected chi connectivity index (χ2v) is 7.27. The van der Waals surface area contributed by atoms with E-state index in [1.807, 2.05) is 48.5 Å². The molecule has 0 spiro atoms. The number of carbonyl (C=O) groups excluding carboxylic acids is 2. The number of hydrogen-bond donors (Lipinski definition) is 0. The Hall–Kier alpha value is -2.54. The number of hydrogen-bond acceptors (Lipinski definition) is 4. The molecule has 0 amide bonds. The van der Waals surface area contributed by atoms with E-state index in [1.54, 1.807) is 0 Å². The van der Waals surface area contributed by atoms with Crippen molar-refractivity contribution in [2.45, 2.75) is 26.1 Å². The van der Waals surface area contributed by atoms with Crippen molar-refractivity contribution in [2.75, 3.05) is 0 Å². The average Bonchev–Trinajstić information content (AvgIpc) is 2.63. The number of halogens is 2. The van der Waals surface area contributed by atoms with Crippen LogP contribution in [0.4, 0.5) is 0 Å². The molecule has 0 bridgehead atoms. The van der Waals surface area contributed by atoms with Gasteiger partial charge >= 0.3 is 11.9 Å². The van der Waals surface area contributed by atoms with Gasteiger partial charge in [-0.3, -0.25) is 9.59 Å². The maximum Gasteiger partial charge on any atom is 0.304 e. The average molecular weight is 504 g/mol. The van der Waals surface area contributed by atoms with Gasteiger partial charge in [0.2, 0.25) is 0 Å². The van der Waals surface area contributed by atoms with Crippen LogP contribution in [0.25, 0.3) is 0 Å². The van der Waals surface area contributed by atoms with Crippen LogP contribution in [0.5, 0.6) is 0 Å². The van der Waals surface area contributed by atoms with E-state index in [9.17, 15) is 9.59 Å². The van der Waals surface area contributed by atoms with Crippen LogP contribution in [0.2, 0.25) is 0 Å². The summed E-state index contributed by atoms with van der Waals surface area (Å²) in [6, 6.07) is 14.7. The van der Waals surface area contributed by atoms with E-state index >= 15 is 0 Å². The Kier molecular flexibility index (Phi) is 8.32. The molecule has 2 unspecified atom stereocenters. The molecule has 6 heteroatoms. The maximum absolute atomic E-state index is 11.4. The summed E-state index contributed by atoms with van der Waals surface area (Å²) in [6.45, 7) is 2.64. The minimum Gasteiger partial charge on any atom is -0.444 e. The van der Waals surface area contributed by atoms with Gasteiger partial charge in [0, 0.05) is 33.9 Å². The van der Waals surface area contributed by atoms with Crippen LogP contribution < -0.4 is 0 Å². The van der Waals surface area contributed by atoms with Crippen molar-refractivity contribution in [1.82, 2.24) is 0 Å². The number of esters is 2. The molecule has 0 saturated heterocycles. The summed E-state index contributed by atoms with van der Waals surface area (Å²) >= 11 is 6.85. The molecule has 0 aromatic heterocycles. The second kappa shape index (κ2) is 10.7. The lowest BCUT2D eigenvalue weighted by atomic mass is 10.1.